The number of para-hydroxylation sites is 2. The van der Waals surface area contributed by atoms with Crippen molar-refractivity contribution >= 4 is 49.4 Å². The molecule has 47 heavy (non-hydrogen) atoms. The molecule has 1 atom stereocenters. The fraction of sp³-hybridized carbons (Fsp3) is 0.222. The fourth-order valence-corrected chi connectivity index (χ4v) is 9.56. The van der Waals surface area contributed by atoms with E-state index in [2.05, 4.69) is 148 Å². The maximum absolute atomic E-state index is 5.15. The van der Waals surface area contributed by atoms with Crippen LogP contribution in [0.3, 0.4) is 0 Å². The largest absolute Gasteiger partial charge is 0.293 e. The van der Waals surface area contributed by atoms with Crippen LogP contribution < -0.4 is 0 Å². The van der Waals surface area contributed by atoms with Gasteiger partial charge in [-0.3, -0.25) is 4.57 Å². The number of hydrogen-bond donors (Lipinski definition) is 0. The Bertz CT molecular complexity index is 2470. The highest BCUT2D eigenvalue weighted by Crippen LogP contribution is 2.65. The minimum absolute atomic E-state index is 0.0167. The fourth-order valence-electron chi connectivity index (χ4n) is 9.56. The molecule has 2 heteroatoms. The zero-order chi connectivity index (χ0) is 31.7. The standard InChI is InChI=1S/C45H38N2/c1-44(2)34-18-12-17-32-31-15-8-9-16-33(31)42-41(39(32)34)40-35(44)25-29(26-36(40)45(42,3)4)27-21-23-28(24-22-27)43-46-37-19-10-11-20-38(37)47(43)30-13-6-5-7-14-30/h6,8-25,36H,5,7,26H2,1-4H3. The Morgan fingerprint density at radius 1 is 0.745 bits per heavy atom. The number of hydrogen-bond acceptors (Lipinski definition) is 1. The smallest absolute Gasteiger partial charge is 0.145 e. The minimum atomic E-state index is -0.0854. The Morgan fingerprint density at radius 3 is 2.30 bits per heavy atom. The van der Waals surface area contributed by atoms with Crippen molar-refractivity contribution in [3.63, 3.8) is 0 Å². The van der Waals surface area contributed by atoms with Gasteiger partial charge in [0, 0.05) is 16.7 Å². The van der Waals surface area contributed by atoms with Gasteiger partial charge in [0.05, 0.1) is 11.0 Å². The number of imidazole rings is 1. The van der Waals surface area contributed by atoms with Gasteiger partial charge in [-0.1, -0.05) is 125 Å². The van der Waals surface area contributed by atoms with Gasteiger partial charge in [-0.05, 0) is 109 Å². The van der Waals surface area contributed by atoms with Gasteiger partial charge in [-0.2, -0.15) is 0 Å². The third-order valence-electron chi connectivity index (χ3n) is 11.9. The summed E-state index contributed by atoms with van der Waals surface area (Å²) in [7, 11) is 0. The van der Waals surface area contributed by atoms with Crippen LogP contribution in [0.2, 0.25) is 0 Å². The quantitative estimate of drug-likeness (QED) is 0.183. The Balaban J connectivity index is 1.14. The van der Waals surface area contributed by atoms with E-state index in [1.807, 2.05) is 0 Å². The van der Waals surface area contributed by atoms with Crippen LogP contribution in [0.1, 0.15) is 69.2 Å². The van der Waals surface area contributed by atoms with Gasteiger partial charge in [-0.15, -0.1) is 0 Å². The van der Waals surface area contributed by atoms with Gasteiger partial charge in [0.15, 0.2) is 0 Å². The van der Waals surface area contributed by atoms with Crippen molar-refractivity contribution < 1.29 is 0 Å². The molecule has 0 radical (unpaired) electrons. The second-order valence-electron chi connectivity index (χ2n) is 15.1. The van der Waals surface area contributed by atoms with E-state index in [0.717, 1.165) is 41.7 Å². The summed E-state index contributed by atoms with van der Waals surface area (Å²) >= 11 is 0. The number of rotatable bonds is 3. The van der Waals surface area contributed by atoms with Gasteiger partial charge < -0.3 is 0 Å². The summed E-state index contributed by atoms with van der Waals surface area (Å²) in [5.41, 5.74) is 14.9. The van der Waals surface area contributed by atoms with Gasteiger partial charge in [0.25, 0.3) is 0 Å². The Labute approximate surface area is 276 Å². The summed E-state index contributed by atoms with van der Waals surface area (Å²) in [5, 5.41) is 5.72. The first kappa shape index (κ1) is 27.2. The zero-order valence-electron chi connectivity index (χ0n) is 27.6. The predicted molar refractivity (Wildman–Crippen MR) is 198 cm³/mol. The molecule has 0 amide bonds. The highest BCUT2D eigenvalue weighted by atomic mass is 15.1. The SMILES string of the molecule is CC1(C)C2=C3c4c(c5ccccc5c5cccc1c45)C(C)(C)C3CC(c1ccc(-c3nc4ccccc4n3C3=CCCC=C3)cc1)=C2. The molecular formula is C45H38N2. The third-order valence-corrected chi connectivity index (χ3v) is 11.9. The van der Waals surface area contributed by atoms with Crippen LogP contribution in [0.5, 0.6) is 0 Å². The van der Waals surface area contributed by atoms with E-state index < -0.39 is 0 Å². The Kier molecular flexibility index (Phi) is 5.39. The number of nitrogens with zero attached hydrogens (tertiary/aromatic N) is 2. The molecule has 0 spiro atoms. The van der Waals surface area contributed by atoms with Crippen molar-refractivity contribution in [3.8, 4) is 11.4 Å². The molecule has 0 N–H and O–H groups in total. The van der Waals surface area contributed by atoms with Crippen LogP contribution in [0.25, 0.3) is 60.8 Å². The topological polar surface area (TPSA) is 17.8 Å². The van der Waals surface area contributed by atoms with Crippen molar-refractivity contribution in [2.75, 3.05) is 0 Å². The van der Waals surface area contributed by atoms with Crippen molar-refractivity contribution in [1.82, 2.24) is 9.55 Å². The highest BCUT2D eigenvalue weighted by Gasteiger charge is 2.51. The first-order valence-corrected chi connectivity index (χ1v) is 17.2. The van der Waals surface area contributed by atoms with Crippen molar-refractivity contribution in [2.45, 2.75) is 57.8 Å². The minimum Gasteiger partial charge on any atom is -0.293 e. The van der Waals surface area contributed by atoms with E-state index in [0.29, 0.717) is 5.92 Å². The van der Waals surface area contributed by atoms with E-state index >= 15 is 0 Å². The molecule has 4 aliphatic rings. The number of aromatic nitrogens is 2. The number of benzene rings is 5. The normalized spacial score (nSPS) is 20.3. The molecule has 0 saturated carbocycles. The number of allylic oxidation sites excluding steroid dienone is 8. The van der Waals surface area contributed by atoms with E-state index in [9.17, 15) is 0 Å². The predicted octanol–water partition coefficient (Wildman–Crippen LogP) is 11.6. The molecule has 1 heterocycles. The van der Waals surface area contributed by atoms with Crippen molar-refractivity contribution in [2.24, 2.45) is 5.92 Å². The van der Waals surface area contributed by atoms with Crippen LogP contribution in [-0.4, -0.2) is 9.55 Å². The first-order valence-electron chi connectivity index (χ1n) is 17.2. The average Bonchev–Trinajstić information content (AvgIpc) is 3.61. The van der Waals surface area contributed by atoms with E-state index in [-0.39, 0.29) is 10.8 Å². The summed E-state index contributed by atoms with van der Waals surface area (Å²) < 4.78 is 2.34. The van der Waals surface area contributed by atoms with Crippen LogP contribution in [0, 0.1) is 5.92 Å². The second-order valence-corrected chi connectivity index (χ2v) is 15.1. The molecular weight excluding hydrogens is 569 g/mol. The summed E-state index contributed by atoms with van der Waals surface area (Å²) in [6, 6.07) is 33.9. The Morgan fingerprint density at radius 2 is 1.49 bits per heavy atom. The molecule has 5 aromatic carbocycles. The molecule has 0 saturated heterocycles. The van der Waals surface area contributed by atoms with Gasteiger partial charge in [-0.25, -0.2) is 4.98 Å². The lowest BCUT2D eigenvalue weighted by molar-refractivity contribution is 0.417. The van der Waals surface area contributed by atoms with Crippen LogP contribution in [0.15, 0.2) is 121 Å². The van der Waals surface area contributed by atoms with Crippen molar-refractivity contribution in [3.05, 3.63) is 143 Å². The Hall–Kier alpha value is -4.95. The summed E-state index contributed by atoms with van der Waals surface area (Å²) in [6.07, 6.45) is 12.6. The molecule has 10 rings (SSSR count). The van der Waals surface area contributed by atoms with Gasteiger partial charge in [0.2, 0.25) is 0 Å². The second kappa shape index (κ2) is 9.32. The molecule has 2 nitrogen and oxygen atoms in total. The summed E-state index contributed by atoms with van der Waals surface area (Å²) in [5.74, 6) is 1.44. The number of fused-ring (bicyclic) bond motifs is 4. The van der Waals surface area contributed by atoms with Gasteiger partial charge >= 0.3 is 0 Å². The average molecular weight is 607 g/mol. The summed E-state index contributed by atoms with van der Waals surface area (Å²) in [4.78, 5) is 5.15. The molecule has 6 aromatic rings. The van der Waals surface area contributed by atoms with E-state index in [4.69, 9.17) is 4.98 Å². The molecule has 4 aliphatic carbocycles. The zero-order valence-corrected chi connectivity index (χ0v) is 27.6. The third kappa shape index (κ3) is 3.54. The first-order chi connectivity index (χ1) is 22.8. The van der Waals surface area contributed by atoms with E-state index in [1.165, 1.54) is 55.1 Å². The van der Waals surface area contributed by atoms with E-state index in [1.54, 1.807) is 11.1 Å². The van der Waals surface area contributed by atoms with Crippen molar-refractivity contribution in [1.29, 1.82) is 0 Å². The molecule has 0 aliphatic heterocycles. The molecule has 1 unspecified atom stereocenters. The maximum Gasteiger partial charge on any atom is 0.145 e. The maximum atomic E-state index is 5.15. The van der Waals surface area contributed by atoms with Crippen LogP contribution in [0.4, 0.5) is 0 Å². The molecule has 1 aromatic heterocycles. The lowest BCUT2D eigenvalue weighted by atomic mass is 9.63. The summed E-state index contributed by atoms with van der Waals surface area (Å²) in [6.45, 7) is 9.91. The molecule has 228 valence electrons. The lowest BCUT2D eigenvalue weighted by Gasteiger charge is -2.40. The lowest BCUT2D eigenvalue weighted by Crippen LogP contribution is -2.30. The highest BCUT2D eigenvalue weighted by molar-refractivity contribution is 6.19. The van der Waals surface area contributed by atoms with Crippen LogP contribution in [-0.2, 0) is 10.8 Å². The van der Waals surface area contributed by atoms with Crippen LogP contribution >= 0.6 is 0 Å². The molecule has 0 bridgehead atoms. The molecule has 0 fully saturated rings. The monoisotopic (exact) mass is 606 g/mol. The van der Waals surface area contributed by atoms with Gasteiger partial charge in [0.1, 0.15) is 5.82 Å².